The molecule has 0 bridgehead atoms. The molecule has 100 valence electrons. The summed E-state index contributed by atoms with van der Waals surface area (Å²) in [5.41, 5.74) is 4.11. The van der Waals surface area contributed by atoms with Gasteiger partial charge in [-0.2, -0.15) is 0 Å². The topological polar surface area (TPSA) is 29.9 Å². The Hall–Kier alpha value is -1.61. The molecule has 1 saturated carbocycles. The Kier molecular flexibility index (Phi) is 3.38. The van der Waals surface area contributed by atoms with Gasteiger partial charge in [0.25, 0.3) is 0 Å². The van der Waals surface area contributed by atoms with Crippen molar-refractivity contribution in [2.75, 3.05) is 0 Å². The second kappa shape index (κ2) is 5.17. The Morgan fingerprint density at radius 1 is 1.37 bits per heavy atom. The second-order valence-electron chi connectivity index (χ2n) is 5.55. The third kappa shape index (κ3) is 3.04. The van der Waals surface area contributed by atoms with E-state index >= 15 is 0 Å². The Balaban J connectivity index is 1.70. The number of rotatable bonds is 5. The lowest BCUT2D eigenvalue weighted by atomic mass is 10.0. The Bertz CT molecular complexity index is 567. The van der Waals surface area contributed by atoms with Crippen LogP contribution in [0.2, 0.25) is 0 Å². The van der Waals surface area contributed by atoms with Crippen LogP contribution in [-0.4, -0.2) is 15.6 Å². The highest BCUT2D eigenvalue weighted by atomic mass is 15.0. The summed E-state index contributed by atoms with van der Waals surface area (Å²) < 4.78 is 2.09. The lowest BCUT2D eigenvalue weighted by Crippen LogP contribution is -2.15. The highest BCUT2D eigenvalue weighted by Crippen LogP contribution is 2.20. The van der Waals surface area contributed by atoms with Crippen molar-refractivity contribution in [2.24, 2.45) is 7.05 Å². The standard InChI is InChI=1S/C16H21N3/c1-12-9-13(11-18-15-5-6-15)3-4-14(12)10-16-17-7-8-19(16)2/h3-4,7-9,15,18H,5-6,10-11H2,1-2H3. The van der Waals surface area contributed by atoms with E-state index in [4.69, 9.17) is 0 Å². The number of imidazole rings is 1. The molecule has 1 aliphatic rings. The Labute approximate surface area is 114 Å². The summed E-state index contributed by atoms with van der Waals surface area (Å²) >= 11 is 0. The summed E-state index contributed by atoms with van der Waals surface area (Å²) in [5.74, 6) is 1.12. The Morgan fingerprint density at radius 2 is 2.21 bits per heavy atom. The molecule has 3 heteroatoms. The molecule has 0 radical (unpaired) electrons. The molecule has 1 aromatic carbocycles. The maximum Gasteiger partial charge on any atom is 0.112 e. The van der Waals surface area contributed by atoms with E-state index in [1.807, 2.05) is 19.4 Å². The van der Waals surface area contributed by atoms with Gasteiger partial charge in [-0.1, -0.05) is 18.2 Å². The van der Waals surface area contributed by atoms with Gasteiger partial charge in [0, 0.05) is 38.4 Å². The minimum Gasteiger partial charge on any atom is -0.338 e. The zero-order valence-electron chi connectivity index (χ0n) is 11.7. The average molecular weight is 255 g/mol. The Morgan fingerprint density at radius 3 is 2.84 bits per heavy atom. The quantitative estimate of drug-likeness (QED) is 0.890. The van der Waals surface area contributed by atoms with Crippen molar-refractivity contribution in [1.82, 2.24) is 14.9 Å². The highest BCUT2D eigenvalue weighted by Gasteiger charge is 2.19. The summed E-state index contributed by atoms with van der Waals surface area (Å²) in [4.78, 5) is 4.39. The molecule has 0 aliphatic heterocycles. The number of benzene rings is 1. The van der Waals surface area contributed by atoms with Crippen molar-refractivity contribution >= 4 is 0 Å². The first-order valence-electron chi connectivity index (χ1n) is 7.00. The summed E-state index contributed by atoms with van der Waals surface area (Å²) in [5, 5.41) is 3.56. The van der Waals surface area contributed by atoms with Gasteiger partial charge in [0.05, 0.1) is 0 Å². The number of nitrogens with zero attached hydrogens (tertiary/aromatic N) is 2. The fourth-order valence-electron chi connectivity index (χ4n) is 2.35. The maximum atomic E-state index is 4.39. The van der Waals surface area contributed by atoms with Crippen LogP contribution in [0.5, 0.6) is 0 Å². The molecule has 3 rings (SSSR count). The molecular weight excluding hydrogens is 234 g/mol. The summed E-state index contributed by atoms with van der Waals surface area (Å²) in [7, 11) is 2.05. The fraction of sp³-hybridized carbons (Fsp3) is 0.438. The molecule has 1 N–H and O–H groups in total. The van der Waals surface area contributed by atoms with Crippen LogP contribution in [0.1, 0.15) is 35.4 Å². The van der Waals surface area contributed by atoms with Crippen molar-refractivity contribution in [3.63, 3.8) is 0 Å². The number of hydrogen-bond donors (Lipinski definition) is 1. The van der Waals surface area contributed by atoms with Gasteiger partial charge in [-0.3, -0.25) is 0 Å². The summed E-state index contributed by atoms with van der Waals surface area (Å²) in [6.07, 6.45) is 7.45. The molecule has 1 fully saturated rings. The molecule has 0 atom stereocenters. The van der Waals surface area contributed by atoms with Crippen LogP contribution < -0.4 is 5.32 Å². The van der Waals surface area contributed by atoms with E-state index in [0.29, 0.717) is 0 Å². The molecule has 0 unspecified atom stereocenters. The molecular formula is C16H21N3. The van der Waals surface area contributed by atoms with E-state index in [0.717, 1.165) is 24.8 Å². The zero-order valence-corrected chi connectivity index (χ0v) is 11.7. The van der Waals surface area contributed by atoms with Gasteiger partial charge in [0.2, 0.25) is 0 Å². The number of hydrogen-bond acceptors (Lipinski definition) is 2. The molecule has 1 aliphatic carbocycles. The van der Waals surface area contributed by atoms with Gasteiger partial charge in [0.1, 0.15) is 5.82 Å². The van der Waals surface area contributed by atoms with Crippen molar-refractivity contribution in [2.45, 2.75) is 38.8 Å². The van der Waals surface area contributed by atoms with Crippen LogP contribution in [0.4, 0.5) is 0 Å². The van der Waals surface area contributed by atoms with Crippen molar-refractivity contribution in [1.29, 1.82) is 0 Å². The SMILES string of the molecule is Cc1cc(CNC2CC2)ccc1Cc1nccn1C. The van der Waals surface area contributed by atoms with Crippen LogP contribution in [0.25, 0.3) is 0 Å². The van der Waals surface area contributed by atoms with Crippen LogP contribution in [0, 0.1) is 6.92 Å². The molecule has 1 heterocycles. The summed E-state index contributed by atoms with van der Waals surface area (Å²) in [6, 6.07) is 7.55. The van der Waals surface area contributed by atoms with Crippen LogP contribution in [0.3, 0.4) is 0 Å². The van der Waals surface area contributed by atoms with E-state index in [1.165, 1.54) is 29.5 Å². The van der Waals surface area contributed by atoms with E-state index in [-0.39, 0.29) is 0 Å². The van der Waals surface area contributed by atoms with Gasteiger partial charge in [-0.25, -0.2) is 4.98 Å². The zero-order chi connectivity index (χ0) is 13.2. The molecule has 1 aromatic heterocycles. The first-order valence-corrected chi connectivity index (χ1v) is 7.00. The fourth-order valence-corrected chi connectivity index (χ4v) is 2.35. The minimum absolute atomic E-state index is 0.771. The number of aryl methyl sites for hydroxylation is 2. The molecule has 0 saturated heterocycles. The lowest BCUT2D eigenvalue weighted by molar-refractivity contribution is 0.687. The predicted octanol–water partition coefficient (Wildman–Crippen LogP) is 2.57. The van der Waals surface area contributed by atoms with Gasteiger partial charge >= 0.3 is 0 Å². The normalized spacial score (nSPS) is 14.8. The van der Waals surface area contributed by atoms with Gasteiger partial charge in [0.15, 0.2) is 0 Å². The molecule has 0 amide bonds. The van der Waals surface area contributed by atoms with Crippen LogP contribution >= 0.6 is 0 Å². The predicted molar refractivity (Wildman–Crippen MR) is 77.1 cm³/mol. The minimum atomic E-state index is 0.771. The molecule has 0 spiro atoms. The number of nitrogens with one attached hydrogen (secondary N) is 1. The third-order valence-corrected chi connectivity index (χ3v) is 3.85. The monoisotopic (exact) mass is 255 g/mol. The lowest BCUT2D eigenvalue weighted by Gasteiger charge is -2.09. The molecule has 19 heavy (non-hydrogen) atoms. The maximum absolute atomic E-state index is 4.39. The van der Waals surface area contributed by atoms with Crippen molar-refractivity contribution < 1.29 is 0 Å². The summed E-state index contributed by atoms with van der Waals surface area (Å²) in [6.45, 7) is 3.19. The molecule has 2 aromatic rings. The van der Waals surface area contributed by atoms with Crippen LogP contribution in [0.15, 0.2) is 30.6 Å². The van der Waals surface area contributed by atoms with E-state index < -0.39 is 0 Å². The number of aromatic nitrogens is 2. The van der Waals surface area contributed by atoms with Crippen LogP contribution in [-0.2, 0) is 20.0 Å². The van der Waals surface area contributed by atoms with E-state index in [2.05, 4.69) is 40.0 Å². The highest BCUT2D eigenvalue weighted by molar-refractivity contribution is 5.33. The van der Waals surface area contributed by atoms with E-state index in [9.17, 15) is 0 Å². The largest absolute Gasteiger partial charge is 0.338 e. The van der Waals surface area contributed by atoms with Gasteiger partial charge < -0.3 is 9.88 Å². The average Bonchev–Trinajstić information content (AvgIpc) is 3.14. The smallest absolute Gasteiger partial charge is 0.112 e. The first kappa shape index (κ1) is 12.4. The molecule has 3 nitrogen and oxygen atoms in total. The van der Waals surface area contributed by atoms with E-state index in [1.54, 1.807) is 0 Å². The second-order valence-corrected chi connectivity index (χ2v) is 5.55. The third-order valence-electron chi connectivity index (χ3n) is 3.85. The van der Waals surface area contributed by atoms with Crippen molar-refractivity contribution in [3.8, 4) is 0 Å². The first-order chi connectivity index (χ1) is 9.22. The van der Waals surface area contributed by atoms with Crippen molar-refractivity contribution in [3.05, 3.63) is 53.1 Å². The van der Waals surface area contributed by atoms with Gasteiger partial charge in [-0.05, 0) is 36.5 Å². The van der Waals surface area contributed by atoms with Gasteiger partial charge in [-0.15, -0.1) is 0 Å².